The van der Waals surface area contributed by atoms with E-state index in [1.807, 2.05) is 12.1 Å². The van der Waals surface area contributed by atoms with Crippen molar-refractivity contribution in [1.82, 2.24) is 0 Å². The molecule has 0 spiro atoms. The highest BCUT2D eigenvalue weighted by molar-refractivity contribution is 7.92. The number of ether oxygens (including phenoxy) is 2. The Morgan fingerprint density at radius 1 is 0.781 bits per heavy atom. The number of para-hydroxylation sites is 1. The highest BCUT2D eigenvalue weighted by Gasteiger charge is 2.31. The molecule has 1 aliphatic heterocycles. The number of nitrogens with zero attached hydrogens (tertiary/aromatic N) is 1. The molecular formula is C24H21NO6S. The molecule has 0 amide bonds. The largest absolute Gasteiger partial charge is 0.458 e. The zero-order valence-electron chi connectivity index (χ0n) is 17.1. The zero-order valence-corrected chi connectivity index (χ0v) is 18.0. The lowest BCUT2D eigenvalue weighted by Gasteiger charge is -2.19. The molecule has 0 saturated carbocycles. The summed E-state index contributed by atoms with van der Waals surface area (Å²) in [5.41, 5.74) is 2.13. The highest BCUT2D eigenvalue weighted by Crippen LogP contribution is 2.32. The van der Waals surface area contributed by atoms with Crippen LogP contribution in [0.15, 0.2) is 83.8 Å². The molecule has 8 heteroatoms. The smallest absolute Gasteiger partial charge is 0.338 e. The Kier molecular flexibility index (Phi) is 6.23. The molecule has 0 bridgehead atoms. The summed E-state index contributed by atoms with van der Waals surface area (Å²) < 4.78 is 37.9. The molecular weight excluding hydrogens is 430 g/mol. The van der Waals surface area contributed by atoms with Crippen LogP contribution in [0.5, 0.6) is 0 Å². The minimum atomic E-state index is -3.82. The number of hydrogen-bond donors (Lipinski definition) is 0. The Hall–Kier alpha value is -3.65. The number of anilines is 1. The minimum absolute atomic E-state index is 0.0131. The Morgan fingerprint density at radius 2 is 1.41 bits per heavy atom. The molecule has 7 nitrogen and oxygen atoms in total. The van der Waals surface area contributed by atoms with Gasteiger partial charge in [0, 0.05) is 6.54 Å². The first-order valence-corrected chi connectivity index (χ1v) is 11.5. The first-order chi connectivity index (χ1) is 15.5. The van der Waals surface area contributed by atoms with Crippen molar-refractivity contribution in [3.05, 3.63) is 95.6 Å². The highest BCUT2D eigenvalue weighted by atomic mass is 32.2. The van der Waals surface area contributed by atoms with E-state index in [9.17, 15) is 18.0 Å². The van der Waals surface area contributed by atoms with Crippen molar-refractivity contribution in [3.63, 3.8) is 0 Å². The van der Waals surface area contributed by atoms with E-state index in [2.05, 4.69) is 0 Å². The number of sulfonamides is 1. The van der Waals surface area contributed by atoms with Gasteiger partial charge in [-0.3, -0.25) is 4.31 Å². The van der Waals surface area contributed by atoms with Crippen LogP contribution < -0.4 is 4.31 Å². The quantitative estimate of drug-likeness (QED) is 0.404. The summed E-state index contributed by atoms with van der Waals surface area (Å²) in [6.07, 6.45) is 0.638. The Bertz CT molecular complexity index is 1240. The second-order valence-electron chi connectivity index (χ2n) is 7.12. The fourth-order valence-corrected chi connectivity index (χ4v) is 5.03. The first-order valence-electron chi connectivity index (χ1n) is 10.1. The second kappa shape index (κ2) is 9.23. The SMILES string of the molecule is O=C(OCCOC(=O)c1cccc(S(=O)(=O)N2CCc3ccccc32)c1)c1ccccc1. The van der Waals surface area contributed by atoms with E-state index in [4.69, 9.17) is 9.47 Å². The van der Waals surface area contributed by atoms with E-state index in [-0.39, 0.29) is 23.7 Å². The van der Waals surface area contributed by atoms with Crippen LogP contribution in [0.1, 0.15) is 26.3 Å². The van der Waals surface area contributed by atoms with Crippen LogP contribution in [-0.2, 0) is 25.9 Å². The van der Waals surface area contributed by atoms with E-state index in [1.165, 1.54) is 28.6 Å². The van der Waals surface area contributed by atoms with Gasteiger partial charge in [-0.1, -0.05) is 42.5 Å². The molecule has 0 atom stereocenters. The van der Waals surface area contributed by atoms with Gasteiger partial charge in [0.25, 0.3) is 10.0 Å². The van der Waals surface area contributed by atoms with Crippen molar-refractivity contribution < 1.29 is 27.5 Å². The van der Waals surface area contributed by atoms with Crippen molar-refractivity contribution >= 4 is 27.6 Å². The Balaban J connectivity index is 1.38. The predicted octanol–water partition coefficient (Wildman–Crippen LogP) is 3.45. The second-order valence-corrected chi connectivity index (χ2v) is 8.98. The molecule has 0 fully saturated rings. The maximum atomic E-state index is 13.2. The third kappa shape index (κ3) is 4.50. The van der Waals surface area contributed by atoms with Gasteiger partial charge in [-0.05, 0) is 48.4 Å². The standard InChI is InChI=1S/C24H21NO6S/c26-23(19-8-2-1-3-9-19)30-15-16-31-24(27)20-10-6-11-21(17-20)32(28,29)25-14-13-18-7-4-5-12-22(18)25/h1-12,17H,13-16H2. The summed E-state index contributed by atoms with van der Waals surface area (Å²) in [4.78, 5) is 24.3. The van der Waals surface area contributed by atoms with Crippen molar-refractivity contribution in [2.75, 3.05) is 24.1 Å². The normalized spacial score (nSPS) is 12.8. The molecule has 0 aliphatic carbocycles. The summed E-state index contributed by atoms with van der Waals surface area (Å²) in [7, 11) is -3.82. The third-order valence-corrected chi connectivity index (χ3v) is 6.87. The molecule has 0 N–H and O–H groups in total. The van der Waals surface area contributed by atoms with Crippen LogP contribution in [0.2, 0.25) is 0 Å². The Morgan fingerprint density at radius 3 is 2.16 bits per heavy atom. The molecule has 164 valence electrons. The lowest BCUT2D eigenvalue weighted by Crippen LogP contribution is -2.29. The molecule has 4 rings (SSSR count). The molecule has 32 heavy (non-hydrogen) atoms. The van der Waals surface area contributed by atoms with Gasteiger partial charge in [-0.25, -0.2) is 18.0 Å². The van der Waals surface area contributed by atoms with Gasteiger partial charge in [-0.2, -0.15) is 0 Å². The molecule has 1 heterocycles. The van der Waals surface area contributed by atoms with E-state index >= 15 is 0 Å². The van der Waals surface area contributed by atoms with Gasteiger partial charge in [0.2, 0.25) is 0 Å². The molecule has 3 aromatic carbocycles. The topological polar surface area (TPSA) is 90.0 Å². The first kappa shape index (κ1) is 21.6. The minimum Gasteiger partial charge on any atom is -0.458 e. The summed E-state index contributed by atoms with van der Waals surface area (Å²) in [6, 6.07) is 21.6. The van der Waals surface area contributed by atoms with Crippen LogP contribution in [0.3, 0.4) is 0 Å². The average molecular weight is 452 g/mol. The number of esters is 2. The Labute approximate surface area is 186 Å². The van der Waals surface area contributed by atoms with Gasteiger partial charge in [0.05, 0.1) is 21.7 Å². The molecule has 0 radical (unpaired) electrons. The maximum Gasteiger partial charge on any atom is 0.338 e. The fraction of sp³-hybridized carbons (Fsp3) is 0.167. The number of hydrogen-bond acceptors (Lipinski definition) is 6. The number of fused-ring (bicyclic) bond motifs is 1. The predicted molar refractivity (Wildman–Crippen MR) is 118 cm³/mol. The van der Waals surface area contributed by atoms with Crippen molar-refractivity contribution in [2.45, 2.75) is 11.3 Å². The number of carbonyl (C=O) groups is 2. The van der Waals surface area contributed by atoms with Crippen molar-refractivity contribution in [3.8, 4) is 0 Å². The summed E-state index contributed by atoms with van der Waals surface area (Å²) >= 11 is 0. The van der Waals surface area contributed by atoms with Crippen LogP contribution in [-0.4, -0.2) is 40.1 Å². The maximum absolute atomic E-state index is 13.2. The van der Waals surface area contributed by atoms with E-state index in [0.29, 0.717) is 24.2 Å². The molecule has 1 aliphatic rings. The summed E-state index contributed by atoms with van der Waals surface area (Å²) in [5, 5.41) is 0. The number of benzene rings is 3. The number of rotatable bonds is 7. The lowest BCUT2D eigenvalue weighted by atomic mass is 10.2. The van der Waals surface area contributed by atoms with Crippen molar-refractivity contribution in [1.29, 1.82) is 0 Å². The van der Waals surface area contributed by atoms with E-state index < -0.39 is 22.0 Å². The molecule has 0 aromatic heterocycles. The van der Waals surface area contributed by atoms with Crippen molar-refractivity contribution in [2.24, 2.45) is 0 Å². The third-order valence-electron chi connectivity index (χ3n) is 5.06. The van der Waals surface area contributed by atoms with Gasteiger partial charge in [0.1, 0.15) is 13.2 Å². The summed E-state index contributed by atoms with van der Waals surface area (Å²) in [6.45, 7) is 0.0963. The van der Waals surface area contributed by atoms with Gasteiger partial charge in [0.15, 0.2) is 0 Å². The number of carbonyl (C=O) groups excluding carboxylic acids is 2. The molecule has 0 saturated heterocycles. The lowest BCUT2D eigenvalue weighted by molar-refractivity contribution is 0.0265. The van der Waals surface area contributed by atoms with Crippen LogP contribution in [0.25, 0.3) is 0 Å². The zero-order chi connectivity index (χ0) is 22.6. The van der Waals surface area contributed by atoms with E-state index in [1.54, 1.807) is 42.5 Å². The van der Waals surface area contributed by atoms with Crippen LogP contribution >= 0.6 is 0 Å². The van der Waals surface area contributed by atoms with Crippen LogP contribution in [0, 0.1) is 0 Å². The summed E-state index contributed by atoms with van der Waals surface area (Å²) in [5.74, 6) is -1.21. The fourth-order valence-electron chi connectivity index (χ4n) is 3.48. The van der Waals surface area contributed by atoms with E-state index in [0.717, 1.165) is 5.56 Å². The molecule has 0 unspecified atom stereocenters. The molecule has 3 aromatic rings. The average Bonchev–Trinajstić information content (AvgIpc) is 3.27. The van der Waals surface area contributed by atoms with Gasteiger partial charge < -0.3 is 9.47 Å². The monoisotopic (exact) mass is 451 g/mol. The van der Waals surface area contributed by atoms with Gasteiger partial charge >= 0.3 is 11.9 Å². The van der Waals surface area contributed by atoms with Crippen LogP contribution in [0.4, 0.5) is 5.69 Å². The van der Waals surface area contributed by atoms with Gasteiger partial charge in [-0.15, -0.1) is 0 Å².